The Kier molecular flexibility index (Phi) is 2.94. The molecule has 0 unspecified atom stereocenters. The van der Waals surface area contributed by atoms with Crippen molar-refractivity contribution in [2.45, 2.75) is 32.6 Å². The minimum Gasteiger partial charge on any atom is -0.481 e. The minimum atomic E-state index is -0.752. The van der Waals surface area contributed by atoms with E-state index in [0.717, 1.165) is 11.1 Å². The largest absolute Gasteiger partial charge is 0.481 e. The van der Waals surface area contributed by atoms with Crippen LogP contribution in [0.15, 0.2) is 24.3 Å². The van der Waals surface area contributed by atoms with Gasteiger partial charge in [0.25, 0.3) is 0 Å². The highest BCUT2D eigenvalue weighted by molar-refractivity contribution is 5.69. The van der Waals surface area contributed by atoms with Crippen molar-refractivity contribution in [3.05, 3.63) is 35.4 Å². The van der Waals surface area contributed by atoms with Gasteiger partial charge in [0.15, 0.2) is 0 Å². The molecule has 1 rings (SSSR count). The zero-order valence-electron chi connectivity index (χ0n) is 8.87. The number of carbonyl (C=O) groups is 1. The van der Waals surface area contributed by atoms with Crippen LogP contribution in [0.1, 0.15) is 31.4 Å². The van der Waals surface area contributed by atoms with Gasteiger partial charge in [0.1, 0.15) is 0 Å². The molecule has 76 valence electrons. The number of aliphatic carboxylic acids is 1. The second-order valence-corrected chi connectivity index (χ2v) is 4.27. The quantitative estimate of drug-likeness (QED) is 0.799. The molecule has 0 aliphatic carbocycles. The summed E-state index contributed by atoms with van der Waals surface area (Å²) in [5.74, 6) is -0.752. The van der Waals surface area contributed by atoms with E-state index in [1.807, 2.05) is 45.0 Å². The Bertz CT molecular complexity index is 340. The second-order valence-electron chi connectivity index (χ2n) is 4.27. The van der Waals surface area contributed by atoms with Gasteiger partial charge in [-0.05, 0) is 18.1 Å². The zero-order valence-corrected chi connectivity index (χ0v) is 8.87. The molecule has 1 aromatic carbocycles. The summed E-state index contributed by atoms with van der Waals surface area (Å²) in [7, 11) is 0. The summed E-state index contributed by atoms with van der Waals surface area (Å²) in [6.45, 7) is 5.94. The van der Waals surface area contributed by atoms with Gasteiger partial charge in [-0.3, -0.25) is 4.79 Å². The monoisotopic (exact) mass is 192 g/mol. The zero-order chi connectivity index (χ0) is 10.8. The molecule has 0 aromatic heterocycles. The SMILES string of the molecule is Cc1ccccc1C(C)(C)CC(=O)O. The molecule has 14 heavy (non-hydrogen) atoms. The Balaban J connectivity index is 3.03. The molecule has 0 spiro atoms. The van der Waals surface area contributed by atoms with Gasteiger partial charge in [-0.2, -0.15) is 0 Å². The molecule has 0 saturated carbocycles. The molecule has 0 fully saturated rings. The Hall–Kier alpha value is -1.31. The first-order valence-electron chi connectivity index (χ1n) is 4.71. The lowest BCUT2D eigenvalue weighted by atomic mass is 9.79. The van der Waals surface area contributed by atoms with Crippen LogP contribution in [0.5, 0.6) is 0 Å². The third kappa shape index (κ3) is 2.34. The van der Waals surface area contributed by atoms with Crippen molar-refractivity contribution in [2.75, 3.05) is 0 Å². The van der Waals surface area contributed by atoms with Crippen LogP contribution >= 0.6 is 0 Å². The van der Waals surface area contributed by atoms with Crippen LogP contribution in [0.2, 0.25) is 0 Å². The van der Waals surface area contributed by atoms with Gasteiger partial charge in [0.2, 0.25) is 0 Å². The van der Waals surface area contributed by atoms with Gasteiger partial charge < -0.3 is 5.11 Å². The molecule has 0 aliphatic rings. The predicted molar refractivity (Wildman–Crippen MR) is 56.5 cm³/mol. The first kappa shape index (κ1) is 10.8. The second kappa shape index (κ2) is 3.82. The molecule has 0 heterocycles. The summed E-state index contributed by atoms with van der Waals surface area (Å²) in [6, 6.07) is 7.93. The molecule has 0 bridgehead atoms. The number of aryl methyl sites for hydroxylation is 1. The highest BCUT2D eigenvalue weighted by atomic mass is 16.4. The Morgan fingerprint density at radius 1 is 1.36 bits per heavy atom. The molecule has 2 nitrogen and oxygen atoms in total. The third-order valence-electron chi connectivity index (χ3n) is 2.47. The van der Waals surface area contributed by atoms with E-state index >= 15 is 0 Å². The average Bonchev–Trinajstić information content (AvgIpc) is 2.02. The third-order valence-corrected chi connectivity index (χ3v) is 2.47. The van der Waals surface area contributed by atoms with Crippen molar-refractivity contribution >= 4 is 5.97 Å². The topological polar surface area (TPSA) is 37.3 Å². The molecular formula is C12H16O2. The molecule has 0 atom stereocenters. The first-order chi connectivity index (χ1) is 6.43. The normalized spacial score (nSPS) is 11.4. The van der Waals surface area contributed by atoms with Crippen molar-refractivity contribution in [1.29, 1.82) is 0 Å². The maximum absolute atomic E-state index is 10.7. The van der Waals surface area contributed by atoms with E-state index in [4.69, 9.17) is 5.11 Å². The number of hydrogen-bond donors (Lipinski definition) is 1. The van der Waals surface area contributed by atoms with Crippen molar-refractivity contribution in [3.63, 3.8) is 0 Å². The van der Waals surface area contributed by atoms with Crippen molar-refractivity contribution in [1.82, 2.24) is 0 Å². The standard InChI is InChI=1S/C12H16O2/c1-9-6-4-5-7-10(9)12(2,3)8-11(13)14/h4-7H,8H2,1-3H3,(H,13,14). The fourth-order valence-corrected chi connectivity index (χ4v) is 1.81. The van der Waals surface area contributed by atoms with Gasteiger partial charge in [0, 0.05) is 5.41 Å². The maximum Gasteiger partial charge on any atom is 0.304 e. The summed E-state index contributed by atoms with van der Waals surface area (Å²) in [4.78, 5) is 10.7. The van der Waals surface area contributed by atoms with Gasteiger partial charge in [-0.15, -0.1) is 0 Å². The first-order valence-corrected chi connectivity index (χ1v) is 4.71. The number of carboxylic acids is 1. The fraction of sp³-hybridized carbons (Fsp3) is 0.417. The molecule has 0 saturated heterocycles. The van der Waals surface area contributed by atoms with E-state index in [1.54, 1.807) is 0 Å². The molecule has 2 heteroatoms. The van der Waals surface area contributed by atoms with Crippen molar-refractivity contribution in [3.8, 4) is 0 Å². The van der Waals surface area contributed by atoms with Crippen LogP contribution in [0.4, 0.5) is 0 Å². The molecular weight excluding hydrogens is 176 g/mol. The van der Waals surface area contributed by atoms with Crippen LogP contribution in [0.25, 0.3) is 0 Å². The van der Waals surface area contributed by atoms with E-state index in [1.165, 1.54) is 0 Å². The van der Waals surface area contributed by atoms with E-state index in [9.17, 15) is 4.79 Å². The molecule has 1 N–H and O–H groups in total. The predicted octanol–water partition coefficient (Wildman–Crippen LogP) is 2.75. The van der Waals surface area contributed by atoms with E-state index in [0.29, 0.717) is 0 Å². The van der Waals surface area contributed by atoms with Gasteiger partial charge in [0.05, 0.1) is 6.42 Å². The van der Waals surface area contributed by atoms with Crippen molar-refractivity contribution < 1.29 is 9.90 Å². The summed E-state index contributed by atoms with van der Waals surface area (Å²) < 4.78 is 0. The van der Waals surface area contributed by atoms with Gasteiger partial charge in [-0.25, -0.2) is 0 Å². The summed E-state index contributed by atoms with van der Waals surface area (Å²) in [5.41, 5.74) is 1.97. The van der Waals surface area contributed by atoms with E-state index in [2.05, 4.69) is 0 Å². The maximum atomic E-state index is 10.7. The highest BCUT2D eigenvalue weighted by Crippen LogP contribution is 2.29. The molecule has 0 amide bonds. The number of benzene rings is 1. The lowest BCUT2D eigenvalue weighted by Gasteiger charge is -2.24. The van der Waals surface area contributed by atoms with Gasteiger partial charge >= 0.3 is 5.97 Å². The smallest absolute Gasteiger partial charge is 0.304 e. The molecule has 0 aliphatic heterocycles. The summed E-state index contributed by atoms with van der Waals surface area (Å²) in [6.07, 6.45) is 0.165. The highest BCUT2D eigenvalue weighted by Gasteiger charge is 2.25. The lowest BCUT2D eigenvalue weighted by Crippen LogP contribution is -2.22. The number of hydrogen-bond acceptors (Lipinski definition) is 1. The summed E-state index contributed by atoms with van der Waals surface area (Å²) >= 11 is 0. The van der Waals surface area contributed by atoms with Crippen LogP contribution in [0, 0.1) is 6.92 Å². The van der Waals surface area contributed by atoms with Crippen LogP contribution < -0.4 is 0 Å². The van der Waals surface area contributed by atoms with Crippen molar-refractivity contribution in [2.24, 2.45) is 0 Å². The van der Waals surface area contributed by atoms with Crippen LogP contribution in [0.3, 0.4) is 0 Å². The minimum absolute atomic E-state index is 0.165. The Labute approximate surface area is 84.6 Å². The molecule has 0 radical (unpaired) electrons. The summed E-state index contributed by atoms with van der Waals surface area (Å²) in [5, 5.41) is 8.80. The van der Waals surface area contributed by atoms with Crippen LogP contribution in [-0.4, -0.2) is 11.1 Å². The lowest BCUT2D eigenvalue weighted by molar-refractivity contribution is -0.138. The van der Waals surface area contributed by atoms with Gasteiger partial charge in [-0.1, -0.05) is 38.1 Å². The number of carboxylic acid groups (broad SMARTS) is 1. The number of rotatable bonds is 3. The van der Waals surface area contributed by atoms with E-state index in [-0.39, 0.29) is 11.8 Å². The Morgan fingerprint density at radius 2 is 1.93 bits per heavy atom. The fourth-order valence-electron chi connectivity index (χ4n) is 1.81. The average molecular weight is 192 g/mol. The Morgan fingerprint density at radius 3 is 2.43 bits per heavy atom. The molecule has 1 aromatic rings. The van der Waals surface area contributed by atoms with Crippen LogP contribution in [-0.2, 0) is 10.2 Å². The van der Waals surface area contributed by atoms with E-state index < -0.39 is 5.97 Å².